The second-order valence-corrected chi connectivity index (χ2v) is 6.69. The van der Waals surface area contributed by atoms with Crippen molar-refractivity contribution in [3.63, 3.8) is 0 Å². The molecule has 1 aromatic heterocycles. The van der Waals surface area contributed by atoms with Crippen LogP contribution in [0.2, 0.25) is 0 Å². The van der Waals surface area contributed by atoms with Gasteiger partial charge in [0.2, 0.25) is 11.8 Å². The number of carbonyl (C=O) groups is 2. The Morgan fingerprint density at radius 3 is 2.52 bits per heavy atom. The minimum Gasteiger partial charge on any atom is -0.419 e. The van der Waals surface area contributed by atoms with Crippen LogP contribution in [0.25, 0.3) is 11.5 Å². The molecule has 7 nitrogen and oxygen atoms in total. The Morgan fingerprint density at radius 2 is 1.80 bits per heavy atom. The monoisotopic (exact) mass is 340 g/mol. The van der Waals surface area contributed by atoms with Crippen molar-refractivity contribution in [3.05, 3.63) is 36.2 Å². The largest absolute Gasteiger partial charge is 0.419 e. The van der Waals surface area contributed by atoms with Crippen LogP contribution in [0, 0.1) is 0 Å². The van der Waals surface area contributed by atoms with Crippen molar-refractivity contribution in [2.75, 3.05) is 7.05 Å². The van der Waals surface area contributed by atoms with Crippen molar-refractivity contribution in [1.82, 2.24) is 20.0 Å². The van der Waals surface area contributed by atoms with Crippen LogP contribution in [0.4, 0.5) is 4.79 Å². The van der Waals surface area contributed by atoms with Crippen molar-refractivity contribution in [2.24, 2.45) is 0 Å². The maximum absolute atomic E-state index is 13.0. The third kappa shape index (κ3) is 2.50. The highest BCUT2D eigenvalue weighted by Gasteiger charge is 2.55. The molecular formula is C18H20N4O3. The molecule has 1 saturated carbocycles. The lowest BCUT2D eigenvalue weighted by Crippen LogP contribution is -2.49. The van der Waals surface area contributed by atoms with E-state index in [1.54, 1.807) is 11.9 Å². The molecular weight excluding hydrogens is 320 g/mol. The summed E-state index contributed by atoms with van der Waals surface area (Å²) in [4.78, 5) is 28.4. The van der Waals surface area contributed by atoms with Gasteiger partial charge in [-0.15, -0.1) is 10.2 Å². The van der Waals surface area contributed by atoms with Crippen LogP contribution in [0.1, 0.15) is 38.0 Å². The molecule has 1 spiro atoms. The molecule has 0 radical (unpaired) electrons. The Morgan fingerprint density at radius 1 is 1.08 bits per heavy atom. The molecule has 25 heavy (non-hydrogen) atoms. The zero-order valence-electron chi connectivity index (χ0n) is 14.1. The van der Waals surface area contributed by atoms with Gasteiger partial charge in [0.05, 0.1) is 0 Å². The van der Waals surface area contributed by atoms with Crippen molar-refractivity contribution >= 4 is 11.9 Å². The van der Waals surface area contributed by atoms with Gasteiger partial charge in [-0.3, -0.25) is 9.69 Å². The first-order valence-corrected chi connectivity index (χ1v) is 8.59. The van der Waals surface area contributed by atoms with Gasteiger partial charge in [-0.25, -0.2) is 4.79 Å². The number of hydrogen-bond donors (Lipinski definition) is 0. The molecule has 0 atom stereocenters. The molecule has 1 aromatic carbocycles. The minimum absolute atomic E-state index is 0.0175. The van der Waals surface area contributed by atoms with Crippen molar-refractivity contribution in [2.45, 2.75) is 44.2 Å². The van der Waals surface area contributed by atoms with E-state index < -0.39 is 5.54 Å². The van der Waals surface area contributed by atoms with Crippen molar-refractivity contribution < 1.29 is 14.0 Å². The first-order chi connectivity index (χ1) is 12.1. The topological polar surface area (TPSA) is 79.5 Å². The third-order valence-corrected chi connectivity index (χ3v) is 5.26. The smallest absolute Gasteiger partial charge is 0.327 e. The van der Waals surface area contributed by atoms with E-state index in [0.717, 1.165) is 37.7 Å². The number of nitrogens with zero attached hydrogens (tertiary/aromatic N) is 4. The summed E-state index contributed by atoms with van der Waals surface area (Å²) in [5.74, 6) is 0.511. The van der Waals surface area contributed by atoms with E-state index in [9.17, 15) is 9.59 Å². The molecule has 1 aliphatic heterocycles. The van der Waals surface area contributed by atoms with Crippen molar-refractivity contribution in [3.8, 4) is 11.5 Å². The van der Waals surface area contributed by atoms with Gasteiger partial charge in [-0.1, -0.05) is 37.5 Å². The average Bonchev–Trinajstić information content (AvgIpc) is 3.19. The Kier molecular flexibility index (Phi) is 3.78. The maximum Gasteiger partial charge on any atom is 0.327 e. The van der Waals surface area contributed by atoms with Crippen LogP contribution in [-0.4, -0.2) is 44.5 Å². The number of hydrogen-bond acceptors (Lipinski definition) is 5. The van der Waals surface area contributed by atoms with Crippen LogP contribution in [0.15, 0.2) is 34.7 Å². The predicted octanol–water partition coefficient (Wildman–Crippen LogP) is 2.83. The van der Waals surface area contributed by atoms with Crippen LogP contribution in [0.3, 0.4) is 0 Å². The van der Waals surface area contributed by atoms with Gasteiger partial charge in [0.15, 0.2) is 0 Å². The lowest BCUT2D eigenvalue weighted by atomic mass is 9.81. The lowest BCUT2D eigenvalue weighted by Gasteiger charge is -2.35. The van der Waals surface area contributed by atoms with Crippen molar-refractivity contribution in [1.29, 1.82) is 0 Å². The number of imide groups is 1. The minimum atomic E-state index is -0.683. The zero-order valence-corrected chi connectivity index (χ0v) is 14.1. The number of urea groups is 1. The van der Waals surface area contributed by atoms with Gasteiger partial charge in [0.25, 0.3) is 5.91 Å². The molecule has 2 fully saturated rings. The second-order valence-electron chi connectivity index (χ2n) is 6.69. The number of carbonyl (C=O) groups excluding carboxylic acids is 2. The highest BCUT2D eigenvalue weighted by molar-refractivity contribution is 6.06. The molecule has 7 heteroatoms. The van der Waals surface area contributed by atoms with Crippen LogP contribution in [0.5, 0.6) is 0 Å². The normalized spacial score (nSPS) is 19.9. The number of aromatic nitrogens is 2. The fourth-order valence-electron chi connectivity index (χ4n) is 3.82. The van der Waals surface area contributed by atoms with Gasteiger partial charge in [0.1, 0.15) is 12.1 Å². The number of rotatable bonds is 3. The average molecular weight is 340 g/mol. The van der Waals surface area contributed by atoms with E-state index in [4.69, 9.17) is 4.42 Å². The molecule has 130 valence electrons. The Bertz CT molecular complexity index is 796. The molecule has 1 aliphatic carbocycles. The van der Waals surface area contributed by atoms with E-state index in [2.05, 4.69) is 10.2 Å². The summed E-state index contributed by atoms with van der Waals surface area (Å²) >= 11 is 0. The van der Waals surface area contributed by atoms with Crippen LogP contribution < -0.4 is 0 Å². The Hall–Kier alpha value is -2.70. The predicted molar refractivity (Wildman–Crippen MR) is 89.3 cm³/mol. The Balaban J connectivity index is 1.56. The van der Waals surface area contributed by atoms with E-state index in [1.165, 1.54) is 4.90 Å². The SMILES string of the molecule is CN1C(=O)N(Cc2nnc(-c3ccccc3)o2)C(=O)C12CCCCC2. The number of amides is 3. The molecule has 0 unspecified atom stereocenters. The van der Waals surface area contributed by atoms with Crippen LogP contribution >= 0.6 is 0 Å². The molecule has 0 bridgehead atoms. The first-order valence-electron chi connectivity index (χ1n) is 8.59. The number of likely N-dealkylation sites (N-methyl/N-ethyl adjacent to an activating group) is 1. The Labute approximate surface area is 145 Å². The fourth-order valence-corrected chi connectivity index (χ4v) is 3.82. The highest BCUT2D eigenvalue weighted by atomic mass is 16.4. The zero-order chi connectivity index (χ0) is 17.4. The highest BCUT2D eigenvalue weighted by Crippen LogP contribution is 2.39. The molecule has 1 saturated heterocycles. The molecule has 2 heterocycles. The fraction of sp³-hybridized carbons (Fsp3) is 0.444. The molecule has 3 amide bonds. The van der Waals surface area contributed by atoms with Gasteiger partial charge >= 0.3 is 6.03 Å². The van der Waals surface area contributed by atoms with Crippen LogP contribution in [-0.2, 0) is 11.3 Å². The summed E-state index contributed by atoms with van der Waals surface area (Å²) in [7, 11) is 1.72. The van der Waals surface area contributed by atoms with E-state index in [0.29, 0.717) is 5.89 Å². The molecule has 2 aromatic rings. The molecule has 0 N–H and O–H groups in total. The standard InChI is InChI=1S/C18H20N4O3/c1-21-17(24)22(16(23)18(21)10-6-3-7-11-18)12-14-19-20-15(25-14)13-8-4-2-5-9-13/h2,4-5,8-9H,3,6-7,10-12H2,1H3. The third-order valence-electron chi connectivity index (χ3n) is 5.26. The summed E-state index contributed by atoms with van der Waals surface area (Å²) in [5, 5.41) is 8.02. The molecule has 4 rings (SSSR count). The summed E-state index contributed by atoms with van der Waals surface area (Å²) in [6.45, 7) is 0.0175. The van der Waals surface area contributed by atoms with Gasteiger partial charge in [-0.2, -0.15) is 0 Å². The summed E-state index contributed by atoms with van der Waals surface area (Å²) in [5.41, 5.74) is 0.124. The van der Waals surface area contributed by atoms with E-state index in [1.807, 2.05) is 30.3 Å². The van der Waals surface area contributed by atoms with Gasteiger partial charge in [-0.05, 0) is 25.0 Å². The molecule has 2 aliphatic rings. The lowest BCUT2D eigenvalue weighted by molar-refractivity contribution is -0.135. The second kappa shape index (κ2) is 5.98. The van der Waals surface area contributed by atoms with Gasteiger partial charge in [0, 0.05) is 12.6 Å². The van der Waals surface area contributed by atoms with Gasteiger partial charge < -0.3 is 9.32 Å². The van der Waals surface area contributed by atoms with E-state index >= 15 is 0 Å². The quantitative estimate of drug-likeness (QED) is 0.803. The first kappa shape index (κ1) is 15.8. The summed E-state index contributed by atoms with van der Waals surface area (Å²) in [6, 6.07) is 9.12. The number of benzene rings is 1. The maximum atomic E-state index is 13.0. The summed E-state index contributed by atoms with van der Waals surface area (Å²) < 4.78 is 5.65. The summed E-state index contributed by atoms with van der Waals surface area (Å²) in [6.07, 6.45) is 4.50. The van der Waals surface area contributed by atoms with E-state index in [-0.39, 0.29) is 24.4 Å².